The van der Waals surface area contributed by atoms with Crippen LogP contribution in [-0.4, -0.2) is 15.9 Å². The number of carbonyl (C=O) groups is 1. The quantitative estimate of drug-likeness (QED) is 0.881. The Kier molecular flexibility index (Phi) is 3.74. The largest absolute Gasteiger partial charge is 0.384 e. The lowest BCUT2D eigenvalue weighted by Gasteiger charge is -2.06. The lowest BCUT2D eigenvalue weighted by Crippen LogP contribution is -2.24. The summed E-state index contributed by atoms with van der Waals surface area (Å²) in [6.07, 6.45) is 3.34. The lowest BCUT2D eigenvalue weighted by atomic mass is 10.2. The van der Waals surface area contributed by atoms with Crippen molar-refractivity contribution in [2.45, 2.75) is 6.54 Å². The van der Waals surface area contributed by atoms with Crippen molar-refractivity contribution in [1.82, 2.24) is 15.3 Å². The van der Waals surface area contributed by atoms with Crippen LogP contribution in [0.2, 0.25) is 5.02 Å². The van der Waals surface area contributed by atoms with E-state index in [1.54, 1.807) is 30.6 Å². The predicted molar refractivity (Wildman–Crippen MR) is 69.1 cm³/mol. The van der Waals surface area contributed by atoms with Gasteiger partial charge in [-0.1, -0.05) is 17.7 Å². The maximum atomic E-state index is 11.9. The highest BCUT2D eigenvalue weighted by atomic mass is 35.5. The van der Waals surface area contributed by atoms with Crippen molar-refractivity contribution in [3.05, 3.63) is 52.9 Å². The molecule has 0 radical (unpaired) electrons. The maximum absolute atomic E-state index is 11.9. The van der Waals surface area contributed by atoms with E-state index in [2.05, 4.69) is 15.3 Å². The number of nitrogen functional groups attached to an aromatic ring is 1. The number of carbonyl (C=O) groups excluding carboxylic acids is 1. The van der Waals surface area contributed by atoms with E-state index in [1.165, 1.54) is 0 Å². The third-order valence-corrected chi connectivity index (χ3v) is 2.56. The summed E-state index contributed by atoms with van der Waals surface area (Å²) in [6, 6.07) is 6.75. The van der Waals surface area contributed by atoms with Crippen molar-refractivity contribution < 1.29 is 4.79 Å². The smallest absolute Gasteiger partial charge is 0.271 e. The summed E-state index contributed by atoms with van der Waals surface area (Å²) >= 11 is 5.88. The Morgan fingerprint density at radius 3 is 2.94 bits per heavy atom. The summed E-state index contributed by atoms with van der Waals surface area (Å²) in [6.45, 7) is 0.361. The van der Waals surface area contributed by atoms with Crippen LogP contribution in [0.4, 0.5) is 5.82 Å². The van der Waals surface area contributed by atoms with E-state index in [0.717, 1.165) is 5.56 Å². The second kappa shape index (κ2) is 5.46. The number of halogens is 1. The molecule has 92 valence electrons. The third-order valence-electron chi connectivity index (χ3n) is 2.26. The first-order chi connectivity index (χ1) is 8.66. The highest BCUT2D eigenvalue weighted by Gasteiger charge is 2.12. The fourth-order valence-electron chi connectivity index (χ4n) is 1.39. The second-order valence-corrected chi connectivity index (χ2v) is 4.02. The van der Waals surface area contributed by atoms with E-state index >= 15 is 0 Å². The molecule has 0 saturated carbocycles. The minimum Gasteiger partial charge on any atom is -0.384 e. The van der Waals surface area contributed by atoms with Crippen molar-refractivity contribution in [2.75, 3.05) is 5.73 Å². The van der Waals surface area contributed by atoms with Crippen LogP contribution in [0.1, 0.15) is 16.1 Å². The topological polar surface area (TPSA) is 80.9 Å². The number of nitrogens with zero attached hydrogens (tertiary/aromatic N) is 2. The van der Waals surface area contributed by atoms with Gasteiger partial charge in [0.2, 0.25) is 0 Å². The molecule has 0 atom stereocenters. The van der Waals surface area contributed by atoms with E-state index < -0.39 is 0 Å². The number of nitrogens with one attached hydrogen (secondary N) is 1. The molecular formula is C12H11ClN4O. The first-order valence-electron chi connectivity index (χ1n) is 5.26. The average molecular weight is 263 g/mol. The summed E-state index contributed by atoms with van der Waals surface area (Å²) in [5.41, 5.74) is 6.53. The van der Waals surface area contributed by atoms with Crippen LogP contribution >= 0.6 is 11.6 Å². The van der Waals surface area contributed by atoms with Crippen LogP contribution in [0.3, 0.4) is 0 Å². The second-order valence-electron chi connectivity index (χ2n) is 3.61. The molecule has 2 aromatic heterocycles. The van der Waals surface area contributed by atoms with E-state index in [9.17, 15) is 4.79 Å². The van der Waals surface area contributed by atoms with E-state index in [0.29, 0.717) is 6.54 Å². The standard InChI is InChI=1S/C12H11ClN4O/c13-9-3-4-10(14)17-11(9)12(18)16-7-8-2-1-5-15-6-8/h1-6H,7H2,(H2,14,17)(H,16,18). The zero-order valence-corrected chi connectivity index (χ0v) is 10.2. The molecule has 18 heavy (non-hydrogen) atoms. The molecule has 0 aromatic carbocycles. The number of pyridine rings is 2. The Labute approximate surface area is 109 Å². The molecule has 2 aromatic rings. The highest BCUT2D eigenvalue weighted by Crippen LogP contribution is 2.15. The highest BCUT2D eigenvalue weighted by molar-refractivity contribution is 6.33. The SMILES string of the molecule is Nc1ccc(Cl)c(C(=O)NCc2cccnc2)n1. The van der Waals surface area contributed by atoms with Gasteiger partial charge in [0.15, 0.2) is 0 Å². The predicted octanol–water partition coefficient (Wildman–Crippen LogP) is 1.64. The number of nitrogens with two attached hydrogens (primary N) is 1. The summed E-state index contributed by atoms with van der Waals surface area (Å²) in [5, 5.41) is 2.97. The van der Waals surface area contributed by atoms with Gasteiger partial charge in [0.25, 0.3) is 5.91 Å². The van der Waals surface area contributed by atoms with Crippen LogP contribution < -0.4 is 11.1 Å². The van der Waals surface area contributed by atoms with E-state index in [-0.39, 0.29) is 22.4 Å². The molecule has 2 heterocycles. The molecule has 5 nitrogen and oxygen atoms in total. The van der Waals surface area contributed by atoms with Crippen LogP contribution in [0.25, 0.3) is 0 Å². The minimum absolute atomic E-state index is 0.126. The molecule has 0 fully saturated rings. The number of amides is 1. The van der Waals surface area contributed by atoms with Gasteiger partial charge in [-0.3, -0.25) is 9.78 Å². The van der Waals surface area contributed by atoms with Crippen molar-refractivity contribution in [3.63, 3.8) is 0 Å². The summed E-state index contributed by atoms with van der Waals surface area (Å²) in [4.78, 5) is 19.7. The Hall–Kier alpha value is -2.14. The molecule has 0 unspecified atom stereocenters. The Bertz CT molecular complexity index is 559. The number of aromatic nitrogens is 2. The van der Waals surface area contributed by atoms with Gasteiger partial charge < -0.3 is 11.1 Å². The van der Waals surface area contributed by atoms with Gasteiger partial charge in [-0.05, 0) is 23.8 Å². The van der Waals surface area contributed by atoms with Crippen LogP contribution in [0, 0.1) is 0 Å². The zero-order valence-electron chi connectivity index (χ0n) is 9.43. The molecule has 0 aliphatic carbocycles. The van der Waals surface area contributed by atoms with E-state index in [4.69, 9.17) is 17.3 Å². The van der Waals surface area contributed by atoms with Gasteiger partial charge in [-0.25, -0.2) is 4.98 Å². The number of rotatable bonds is 3. The first-order valence-corrected chi connectivity index (χ1v) is 5.64. The van der Waals surface area contributed by atoms with Crippen molar-refractivity contribution >= 4 is 23.3 Å². The molecule has 1 amide bonds. The van der Waals surface area contributed by atoms with Crippen molar-refractivity contribution in [2.24, 2.45) is 0 Å². The molecule has 0 aliphatic heterocycles. The average Bonchev–Trinajstić information content (AvgIpc) is 2.40. The summed E-state index contributed by atoms with van der Waals surface area (Å²) in [7, 11) is 0. The fraction of sp³-hybridized carbons (Fsp3) is 0.0833. The lowest BCUT2D eigenvalue weighted by molar-refractivity contribution is 0.0946. The van der Waals surface area contributed by atoms with Gasteiger partial charge in [0, 0.05) is 18.9 Å². The molecule has 0 spiro atoms. The van der Waals surface area contributed by atoms with Crippen LogP contribution in [0.15, 0.2) is 36.7 Å². The van der Waals surface area contributed by atoms with Gasteiger partial charge in [-0.2, -0.15) is 0 Å². The molecule has 2 rings (SSSR count). The van der Waals surface area contributed by atoms with Crippen LogP contribution in [-0.2, 0) is 6.54 Å². The zero-order chi connectivity index (χ0) is 13.0. The number of anilines is 1. The van der Waals surface area contributed by atoms with Crippen molar-refractivity contribution in [1.29, 1.82) is 0 Å². The Balaban J connectivity index is 2.06. The Morgan fingerprint density at radius 1 is 1.39 bits per heavy atom. The summed E-state index contributed by atoms with van der Waals surface area (Å²) in [5.74, 6) is -0.109. The third kappa shape index (κ3) is 2.95. The molecule has 6 heteroatoms. The Morgan fingerprint density at radius 2 is 2.22 bits per heavy atom. The minimum atomic E-state index is -0.365. The van der Waals surface area contributed by atoms with Crippen LogP contribution in [0.5, 0.6) is 0 Å². The molecular weight excluding hydrogens is 252 g/mol. The van der Waals surface area contributed by atoms with E-state index in [1.807, 2.05) is 6.07 Å². The summed E-state index contributed by atoms with van der Waals surface area (Å²) < 4.78 is 0. The molecule has 0 aliphatic rings. The maximum Gasteiger partial charge on any atom is 0.271 e. The molecule has 0 bridgehead atoms. The van der Waals surface area contributed by atoms with Gasteiger partial charge in [0.1, 0.15) is 11.5 Å². The monoisotopic (exact) mass is 262 g/mol. The number of hydrogen-bond donors (Lipinski definition) is 2. The fourth-order valence-corrected chi connectivity index (χ4v) is 1.58. The van der Waals surface area contributed by atoms with Gasteiger partial charge >= 0.3 is 0 Å². The molecule has 3 N–H and O–H groups in total. The first kappa shape index (κ1) is 12.3. The van der Waals surface area contributed by atoms with Gasteiger partial charge in [-0.15, -0.1) is 0 Å². The normalized spacial score (nSPS) is 10.1. The van der Waals surface area contributed by atoms with Gasteiger partial charge in [0.05, 0.1) is 5.02 Å². The molecule has 0 saturated heterocycles. The number of hydrogen-bond acceptors (Lipinski definition) is 4. The van der Waals surface area contributed by atoms with Crippen molar-refractivity contribution in [3.8, 4) is 0 Å².